The largest absolute Gasteiger partial charge is 0.433 e. The number of aromatic amines is 1. The Morgan fingerprint density at radius 3 is 2.23 bits per heavy atom. The van der Waals surface area contributed by atoms with E-state index in [0.29, 0.717) is 12.2 Å². The number of hydrogen-bond acceptors (Lipinski definition) is 3. The standard InChI is InChI=1S/C10H28N2O3P16/c1-6(12-5-3-7-2-4-11-8(7)9(12)13)10(14)15-25(30(26(17)18)27(19)20)31(28(21)22)29(23)24-16/h2,4,6,11,24H,3,5,16-23H2,1H3. The summed E-state index contributed by atoms with van der Waals surface area (Å²) in [6.07, 6.45) is 2.55. The van der Waals surface area contributed by atoms with Gasteiger partial charge >= 0.3 is 5.97 Å². The Bertz CT molecular complexity index is 754. The number of nitrogens with one attached hydrogen (secondary N) is 1. The van der Waals surface area contributed by atoms with Crippen LogP contribution in [0.3, 0.4) is 0 Å². The molecule has 31 heavy (non-hydrogen) atoms. The Balaban J connectivity index is 2.30. The topological polar surface area (TPSA) is 62.4 Å². The van der Waals surface area contributed by atoms with Crippen LogP contribution in [0.15, 0.2) is 12.3 Å². The molecule has 0 radical (unpaired) electrons. The van der Waals surface area contributed by atoms with Crippen molar-refractivity contribution in [2.45, 2.75) is 19.4 Å². The van der Waals surface area contributed by atoms with Crippen LogP contribution in [0.4, 0.5) is 0 Å². The van der Waals surface area contributed by atoms with Crippen LogP contribution in [0, 0.1) is 0 Å². The maximum atomic E-state index is 13.4. The van der Waals surface area contributed by atoms with Gasteiger partial charge in [0, 0.05) is 26.7 Å². The molecule has 1 aromatic rings. The molecule has 2 rings (SSSR count). The highest BCUT2D eigenvalue weighted by molar-refractivity contribution is 9.25. The summed E-state index contributed by atoms with van der Waals surface area (Å²) in [7, 11) is 23.8. The van der Waals surface area contributed by atoms with Crippen LogP contribution in [0.1, 0.15) is 23.0 Å². The third-order valence-electron chi connectivity index (χ3n) is 4.16. The van der Waals surface area contributed by atoms with Gasteiger partial charge in [0.2, 0.25) is 0 Å². The Morgan fingerprint density at radius 2 is 1.71 bits per heavy atom. The third kappa shape index (κ3) is 8.80. The van der Waals surface area contributed by atoms with E-state index in [1.165, 1.54) is 0 Å². The van der Waals surface area contributed by atoms with Crippen molar-refractivity contribution in [3.8, 4) is 0 Å². The molecule has 1 aliphatic rings. The molecule has 1 N–H and O–H groups in total. The molecule has 13 atom stereocenters. The number of H-pyrrole nitrogens is 1. The van der Waals surface area contributed by atoms with Crippen molar-refractivity contribution < 1.29 is 14.1 Å². The Morgan fingerprint density at radius 1 is 1.13 bits per heavy atom. The first-order chi connectivity index (χ1) is 14.5. The first-order valence-corrected chi connectivity index (χ1v) is 37.0. The van der Waals surface area contributed by atoms with Gasteiger partial charge < -0.3 is 14.4 Å². The summed E-state index contributed by atoms with van der Waals surface area (Å²) in [4.78, 5) is 31.1. The van der Waals surface area contributed by atoms with Gasteiger partial charge in [-0.15, -0.1) is 71.4 Å². The summed E-state index contributed by atoms with van der Waals surface area (Å²) >= 11 is 0. The van der Waals surface area contributed by atoms with E-state index in [0.717, 1.165) is 19.9 Å². The van der Waals surface area contributed by atoms with E-state index in [4.69, 9.17) is 4.52 Å². The summed E-state index contributed by atoms with van der Waals surface area (Å²) in [5.74, 6) is -0.358. The molecule has 0 saturated carbocycles. The molecular formula is C10H28N2O3P16. The molecule has 1 aliphatic heterocycles. The summed E-state index contributed by atoms with van der Waals surface area (Å²) in [5.41, 5.74) is 1.63. The van der Waals surface area contributed by atoms with Crippen molar-refractivity contribution in [3.63, 3.8) is 0 Å². The lowest BCUT2D eigenvalue weighted by Crippen LogP contribution is -2.47. The molecule has 0 saturated heterocycles. The van der Waals surface area contributed by atoms with Crippen molar-refractivity contribution >= 4 is 141 Å². The van der Waals surface area contributed by atoms with E-state index < -0.39 is 27.5 Å². The minimum Gasteiger partial charge on any atom is -0.433 e. The lowest BCUT2D eigenvalue weighted by atomic mass is 10.1. The number of carbonyl (C=O) groups excluding carboxylic acids is 2. The van der Waals surface area contributed by atoms with Gasteiger partial charge in [-0.3, -0.25) is 4.79 Å². The van der Waals surface area contributed by atoms with E-state index in [1.807, 2.05) is 13.0 Å². The average Bonchev–Trinajstić information content (AvgIpc) is 3.16. The van der Waals surface area contributed by atoms with Crippen molar-refractivity contribution in [1.82, 2.24) is 9.88 Å². The van der Waals surface area contributed by atoms with Crippen LogP contribution in [0.5, 0.6) is 0 Å². The molecule has 0 spiro atoms. The fraction of sp³-hybridized carbons (Fsp3) is 0.400. The molecule has 1 amide bonds. The van der Waals surface area contributed by atoms with Crippen molar-refractivity contribution in [3.05, 3.63) is 23.5 Å². The number of amides is 1. The van der Waals surface area contributed by atoms with Gasteiger partial charge in [0.25, 0.3) is 5.91 Å². The second-order valence-electron chi connectivity index (χ2n) is 6.12. The number of fused-ring (bicyclic) bond motifs is 1. The van der Waals surface area contributed by atoms with Gasteiger partial charge in [-0.25, -0.2) is 4.79 Å². The lowest BCUT2D eigenvalue weighted by Gasteiger charge is -2.41. The van der Waals surface area contributed by atoms with Gasteiger partial charge in [-0.2, -0.15) is 0 Å². The molecular weight excluding hydrogens is 692 g/mol. The number of nitrogens with zero attached hydrogens (tertiary/aromatic N) is 1. The Labute approximate surface area is 213 Å². The Hall–Kier alpha value is 5.10. The van der Waals surface area contributed by atoms with Crippen LogP contribution in [-0.4, -0.2) is 34.3 Å². The third-order valence-corrected chi connectivity index (χ3v) is 97.2. The first kappa shape index (κ1) is 32.3. The van der Waals surface area contributed by atoms with Gasteiger partial charge in [0.05, 0.1) is 0 Å². The van der Waals surface area contributed by atoms with E-state index in [2.05, 4.69) is 76.4 Å². The predicted molar refractivity (Wildman–Crippen MR) is 186 cm³/mol. The van der Waals surface area contributed by atoms with Crippen LogP contribution in [0.2, 0.25) is 0 Å². The number of aromatic nitrogens is 1. The molecule has 0 fully saturated rings. The fourth-order valence-electron chi connectivity index (χ4n) is 2.72. The minimum absolute atomic E-state index is 0.109. The van der Waals surface area contributed by atoms with E-state index >= 15 is 0 Å². The summed E-state index contributed by atoms with van der Waals surface area (Å²) < 4.78 is 6.46. The number of hydrogen-bond donors (Lipinski definition) is 1. The highest BCUT2D eigenvalue weighted by Gasteiger charge is 2.43. The second kappa shape index (κ2) is 15.6. The quantitative estimate of drug-likeness (QED) is 0.245. The molecule has 5 nitrogen and oxygen atoms in total. The zero-order valence-corrected chi connectivity index (χ0v) is 33.1. The maximum absolute atomic E-state index is 13.4. The van der Waals surface area contributed by atoms with E-state index in [1.54, 1.807) is 11.1 Å². The van der Waals surface area contributed by atoms with Crippen LogP contribution in [-0.2, 0) is 15.7 Å². The van der Waals surface area contributed by atoms with E-state index in [9.17, 15) is 9.59 Å². The van der Waals surface area contributed by atoms with Crippen LogP contribution >= 0.6 is 129 Å². The SMILES string of the molecule is CC(C(=O)OP(P(P(P)P)P(P)P)P(P(P)P)P(P)PP)N1CCc2cc[nH]c2C1=O. The van der Waals surface area contributed by atoms with Crippen LogP contribution in [0.25, 0.3) is 0 Å². The molecule has 13 unspecified atom stereocenters. The molecule has 0 aliphatic carbocycles. The highest BCUT2D eigenvalue weighted by atomic mass is 33.3. The number of rotatable bonds is 10. The Kier molecular flexibility index (Phi) is 16.3. The zero-order chi connectivity index (χ0) is 23.5. The number of carbonyl (C=O) groups is 2. The first-order valence-electron chi connectivity index (χ1n) is 8.49. The second-order valence-corrected chi connectivity index (χ2v) is 65.8. The van der Waals surface area contributed by atoms with Gasteiger partial charge in [-0.1, -0.05) is 7.96 Å². The van der Waals surface area contributed by atoms with Crippen molar-refractivity contribution in [2.75, 3.05) is 6.54 Å². The summed E-state index contributed by atoms with van der Waals surface area (Å²) in [6.45, 7) is 0.0622. The zero-order valence-electron chi connectivity index (χ0n) is 16.6. The lowest BCUT2D eigenvalue weighted by molar-refractivity contribution is -0.138. The predicted octanol–water partition coefficient (Wildman–Crippen LogP) is 9.64. The summed E-state index contributed by atoms with van der Waals surface area (Å²) in [5, 5.41) is 0. The van der Waals surface area contributed by atoms with E-state index in [-0.39, 0.29) is 39.8 Å². The maximum Gasteiger partial charge on any atom is 0.331 e. The molecule has 21 heteroatoms. The summed E-state index contributed by atoms with van der Waals surface area (Å²) in [6, 6.07) is 1.36. The fourth-order valence-corrected chi connectivity index (χ4v) is 148. The van der Waals surface area contributed by atoms with Crippen molar-refractivity contribution in [1.29, 1.82) is 0 Å². The minimum atomic E-state index is -0.904. The molecule has 2 heterocycles. The van der Waals surface area contributed by atoms with Crippen molar-refractivity contribution in [2.24, 2.45) is 0 Å². The molecule has 176 valence electrons. The molecule has 0 aromatic carbocycles. The highest BCUT2D eigenvalue weighted by Crippen LogP contribution is 3.22. The average molecular weight is 720 g/mol. The molecule has 0 bridgehead atoms. The van der Waals surface area contributed by atoms with Gasteiger partial charge in [0.15, 0.2) is 7.53 Å². The smallest absolute Gasteiger partial charge is 0.331 e. The monoisotopic (exact) mass is 720 g/mol. The normalized spacial score (nSPS) is 18.9. The van der Waals surface area contributed by atoms with Gasteiger partial charge in [-0.05, 0) is 52.9 Å². The molecule has 1 aromatic heterocycles. The van der Waals surface area contributed by atoms with Gasteiger partial charge in [0.1, 0.15) is 11.7 Å². The van der Waals surface area contributed by atoms with Crippen LogP contribution < -0.4 is 0 Å².